The van der Waals surface area contributed by atoms with Crippen molar-refractivity contribution in [3.63, 3.8) is 0 Å². The molecule has 1 atom stereocenters. The highest BCUT2D eigenvalue weighted by Gasteiger charge is 2.34. The van der Waals surface area contributed by atoms with Crippen molar-refractivity contribution in [1.82, 2.24) is 14.7 Å². The Morgan fingerprint density at radius 3 is 2.76 bits per heavy atom. The summed E-state index contributed by atoms with van der Waals surface area (Å²) in [5.74, 6) is 1.75. The zero-order chi connectivity index (χ0) is 15.0. The lowest BCUT2D eigenvalue weighted by atomic mass is 9.96. The van der Waals surface area contributed by atoms with Crippen molar-refractivity contribution in [3.05, 3.63) is 17.1 Å². The van der Waals surface area contributed by atoms with Crippen molar-refractivity contribution >= 4 is 15.8 Å². The molecular formula is C14H22N4O2S. The van der Waals surface area contributed by atoms with Gasteiger partial charge in [-0.05, 0) is 46.1 Å². The van der Waals surface area contributed by atoms with Crippen molar-refractivity contribution in [1.29, 1.82) is 0 Å². The summed E-state index contributed by atoms with van der Waals surface area (Å²) < 4.78 is 26.4. The first-order valence-corrected chi connectivity index (χ1v) is 9.09. The molecule has 0 bridgehead atoms. The zero-order valence-electron chi connectivity index (χ0n) is 12.6. The third-order valence-corrected chi connectivity index (χ3v) is 6.27. The lowest BCUT2D eigenvalue weighted by Gasteiger charge is -2.25. The molecule has 21 heavy (non-hydrogen) atoms. The van der Waals surface area contributed by atoms with Gasteiger partial charge in [-0.3, -0.25) is 0 Å². The van der Waals surface area contributed by atoms with Gasteiger partial charge in [0.2, 0.25) is 10.0 Å². The minimum atomic E-state index is -3.21. The van der Waals surface area contributed by atoms with E-state index in [1.807, 2.05) is 6.92 Å². The molecule has 2 aliphatic rings. The number of nitrogens with zero attached hydrogens (tertiary/aromatic N) is 3. The van der Waals surface area contributed by atoms with Crippen LogP contribution < -0.4 is 9.62 Å². The van der Waals surface area contributed by atoms with Crippen LogP contribution in [0.4, 0.5) is 5.82 Å². The Hall–Kier alpha value is -1.21. The van der Waals surface area contributed by atoms with Crippen LogP contribution in [-0.2, 0) is 22.9 Å². The van der Waals surface area contributed by atoms with Crippen LogP contribution in [0.3, 0.4) is 0 Å². The third-order valence-electron chi connectivity index (χ3n) is 4.44. The average Bonchev–Trinajstić information content (AvgIpc) is 2.96. The fourth-order valence-electron chi connectivity index (χ4n) is 3.30. The van der Waals surface area contributed by atoms with Crippen LogP contribution in [0.5, 0.6) is 0 Å². The van der Waals surface area contributed by atoms with Gasteiger partial charge in [0, 0.05) is 24.3 Å². The number of fused-ring (bicyclic) bond motifs is 1. The van der Waals surface area contributed by atoms with Crippen molar-refractivity contribution in [2.24, 2.45) is 0 Å². The zero-order valence-corrected chi connectivity index (χ0v) is 13.4. The maximum Gasteiger partial charge on any atom is 0.216 e. The van der Waals surface area contributed by atoms with Gasteiger partial charge in [-0.15, -0.1) is 0 Å². The second-order valence-corrected chi connectivity index (χ2v) is 8.00. The maximum atomic E-state index is 12.0. The summed E-state index contributed by atoms with van der Waals surface area (Å²) in [7, 11) is -1.72. The summed E-state index contributed by atoms with van der Waals surface area (Å²) in [6.07, 6.45) is 5.02. The van der Waals surface area contributed by atoms with E-state index in [-0.39, 0.29) is 5.25 Å². The Bertz CT molecular complexity index is 645. The van der Waals surface area contributed by atoms with Gasteiger partial charge >= 0.3 is 0 Å². The Balaban J connectivity index is 1.90. The summed E-state index contributed by atoms with van der Waals surface area (Å²) in [6, 6.07) is 0. The third kappa shape index (κ3) is 2.76. The van der Waals surface area contributed by atoms with E-state index in [2.05, 4.69) is 19.6 Å². The molecule has 0 aromatic carbocycles. The van der Waals surface area contributed by atoms with Crippen LogP contribution in [-0.4, -0.2) is 43.8 Å². The molecule has 2 heterocycles. The Labute approximate surface area is 126 Å². The van der Waals surface area contributed by atoms with Crippen molar-refractivity contribution < 1.29 is 8.42 Å². The molecule has 1 saturated heterocycles. The molecule has 1 unspecified atom stereocenters. The SMILES string of the molecule is CNS(=O)(=O)C1CCN(c2nc(C)nc3c2CCCC3)C1. The number of sulfonamides is 1. The molecule has 1 N–H and O–H groups in total. The van der Waals surface area contributed by atoms with E-state index in [4.69, 9.17) is 0 Å². The van der Waals surface area contributed by atoms with E-state index in [0.717, 1.165) is 36.7 Å². The first-order chi connectivity index (χ1) is 10.0. The van der Waals surface area contributed by atoms with E-state index < -0.39 is 10.0 Å². The van der Waals surface area contributed by atoms with Gasteiger partial charge in [0.15, 0.2) is 0 Å². The van der Waals surface area contributed by atoms with Crippen LogP contribution in [0.1, 0.15) is 36.3 Å². The highest BCUT2D eigenvalue weighted by molar-refractivity contribution is 7.90. The summed E-state index contributed by atoms with van der Waals surface area (Å²) >= 11 is 0. The summed E-state index contributed by atoms with van der Waals surface area (Å²) in [5, 5.41) is -0.350. The van der Waals surface area contributed by atoms with Gasteiger partial charge in [0.05, 0.1) is 5.25 Å². The van der Waals surface area contributed by atoms with Gasteiger partial charge in [-0.2, -0.15) is 0 Å². The van der Waals surface area contributed by atoms with Crippen LogP contribution in [0.2, 0.25) is 0 Å². The fraction of sp³-hybridized carbons (Fsp3) is 0.714. The van der Waals surface area contributed by atoms with Gasteiger partial charge < -0.3 is 4.90 Å². The molecule has 0 radical (unpaired) electrons. The van der Waals surface area contributed by atoms with Gasteiger partial charge in [-0.1, -0.05) is 0 Å². The number of aryl methyl sites for hydroxylation is 2. The standard InChI is InChI=1S/C14H22N4O2S/c1-10-16-13-6-4-3-5-12(13)14(17-10)18-8-7-11(9-18)21(19,20)15-2/h11,15H,3-9H2,1-2H3. The maximum absolute atomic E-state index is 12.0. The average molecular weight is 310 g/mol. The van der Waals surface area contributed by atoms with Crippen LogP contribution >= 0.6 is 0 Å². The highest BCUT2D eigenvalue weighted by Crippen LogP contribution is 2.31. The molecule has 0 spiro atoms. The molecule has 6 nitrogen and oxygen atoms in total. The van der Waals surface area contributed by atoms with Gasteiger partial charge in [0.1, 0.15) is 11.6 Å². The predicted molar refractivity (Wildman–Crippen MR) is 82.0 cm³/mol. The van der Waals surface area contributed by atoms with E-state index in [9.17, 15) is 8.42 Å². The second-order valence-electron chi connectivity index (χ2n) is 5.83. The highest BCUT2D eigenvalue weighted by atomic mass is 32.2. The van der Waals surface area contributed by atoms with Crippen LogP contribution in [0.15, 0.2) is 0 Å². The molecule has 3 rings (SSSR count). The lowest BCUT2D eigenvalue weighted by molar-refractivity contribution is 0.575. The smallest absolute Gasteiger partial charge is 0.216 e. The monoisotopic (exact) mass is 310 g/mol. The number of anilines is 1. The molecule has 1 aromatic heterocycles. The van der Waals surface area contributed by atoms with E-state index in [0.29, 0.717) is 13.0 Å². The summed E-state index contributed by atoms with van der Waals surface area (Å²) in [4.78, 5) is 11.3. The molecule has 1 aromatic rings. The predicted octanol–water partition coefficient (Wildman–Crippen LogP) is 0.792. The normalized spacial score (nSPS) is 22.4. The molecule has 7 heteroatoms. The molecule has 0 saturated carbocycles. The topological polar surface area (TPSA) is 75.2 Å². The van der Waals surface area contributed by atoms with Gasteiger partial charge in [0.25, 0.3) is 0 Å². The number of aromatic nitrogens is 2. The van der Waals surface area contributed by atoms with Crippen molar-refractivity contribution in [2.45, 2.75) is 44.3 Å². The van der Waals surface area contributed by atoms with E-state index in [1.54, 1.807) is 0 Å². The summed E-state index contributed by atoms with van der Waals surface area (Å²) in [5.41, 5.74) is 2.39. The number of hydrogen-bond acceptors (Lipinski definition) is 5. The minimum absolute atomic E-state index is 0.350. The van der Waals surface area contributed by atoms with Crippen LogP contribution in [0.25, 0.3) is 0 Å². The van der Waals surface area contributed by atoms with Crippen molar-refractivity contribution in [3.8, 4) is 0 Å². The first kappa shape index (κ1) is 14.7. The summed E-state index contributed by atoms with van der Waals surface area (Å²) in [6.45, 7) is 3.18. The largest absolute Gasteiger partial charge is 0.355 e. The number of hydrogen-bond donors (Lipinski definition) is 1. The Kier molecular flexibility index (Phi) is 3.88. The second kappa shape index (κ2) is 5.53. The van der Waals surface area contributed by atoms with Gasteiger partial charge in [-0.25, -0.2) is 23.1 Å². The number of rotatable bonds is 3. The Morgan fingerprint density at radius 2 is 2.00 bits per heavy atom. The van der Waals surface area contributed by atoms with Crippen LogP contribution in [0, 0.1) is 6.92 Å². The molecule has 0 amide bonds. The molecule has 1 aliphatic carbocycles. The fourth-order valence-corrected chi connectivity index (χ4v) is 4.42. The number of nitrogens with one attached hydrogen (secondary N) is 1. The molecule has 1 fully saturated rings. The minimum Gasteiger partial charge on any atom is -0.355 e. The quantitative estimate of drug-likeness (QED) is 0.893. The molecule has 116 valence electrons. The Morgan fingerprint density at radius 1 is 1.24 bits per heavy atom. The van der Waals surface area contributed by atoms with Crippen molar-refractivity contribution in [2.75, 3.05) is 25.0 Å². The van der Waals surface area contributed by atoms with E-state index >= 15 is 0 Å². The van der Waals surface area contributed by atoms with E-state index in [1.165, 1.54) is 25.5 Å². The lowest BCUT2D eigenvalue weighted by Crippen LogP contribution is -2.34. The molecular weight excluding hydrogens is 288 g/mol. The first-order valence-electron chi connectivity index (χ1n) is 7.55. The molecule has 1 aliphatic heterocycles.